The Kier molecular flexibility index (Phi) is 4.69. The molecule has 1 N–H and O–H groups in total. The van der Waals surface area contributed by atoms with Crippen molar-refractivity contribution in [3.8, 4) is 6.07 Å². The van der Waals surface area contributed by atoms with Crippen molar-refractivity contribution in [3.63, 3.8) is 0 Å². The van der Waals surface area contributed by atoms with Gasteiger partial charge in [0.05, 0.1) is 18.4 Å². The second-order valence-electron chi connectivity index (χ2n) is 9.07. The molecule has 3 unspecified atom stereocenters. The largest absolute Gasteiger partial charge is 0.368 e. The van der Waals surface area contributed by atoms with Crippen molar-refractivity contribution >= 4 is 10.9 Å². The summed E-state index contributed by atoms with van der Waals surface area (Å²) >= 11 is 0. The zero-order valence-corrected chi connectivity index (χ0v) is 17.8. The Bertz CT molecular complexity index is 1100. The standard InChI is InChI=1S/C26H29N3O/c1-29(2)25(19-8-4-3-5-9-19)14-15-26(20(18-25)12-16-27)24-22(13-17-30-26)21-10-6-7-11-23(21)28-24/h3-11,20,28H,12-15,17-18H2,1-2H3. The summed E-state index contributed by atoms with van der Waals surface area (Å²) in [7, 11) is 4.34. The van der Waals surface area contributed by atoms with Gasteiger partial charge in [0.25, 0.3) is 0 Å². The lowest BCUT2D eigenvalue weighted by Gasteiger charge is -2.54. The molecule has 3 atom stereocenters. The Balaban J connectivity index is 1.63. The van der Waals surface area contributed by atoms with Gasteiger partial charge < -0.3 is 9.72 Å². The maximum absolute atomic E-state index is 9.77. The van der Waals surface area contributed by atoms with E-state index in [1.807, 2.05) is 0 Å². The van der Waals surface area contributed by atoms with E-state index in [1.54, 1.807) is 0 Å². The van der Waals surface area contributed by atoms with Crippen LogP contribution in [-0.2, 0) is 22.3 Å². The quantitative estimate of drug-likeness (QED) is 0.666. The molecule has 4 nitrogen and oxygen atoms in total. The average Bonchev–Trinajstić information content (AvgIpc) is 3.16. The molecule has 1 aliphatic heterocycles. The van der Waals surface area contributed by atoms with Crippen LogP contribution in [0.1, 0.15) is 42.5 Å². The third-order valence-electron chi connectivity index (χ3n) is 7.61. The zero-order valence-electron chi connectivity index (χ0n) is 17.8. The normalized spacial score (nSPS) is 28.5. The maximum atomic E-state index is 9.77. The molecule has 1 saturated carbocycles. The van der Waals surface area contributed by atoms with Gasteiger partial charge in [0, 0.05) is 28.8 Å². The molecule has 1 spiro atoms. The number of benzene rings is 2. The molecule has 1 aliphatic carbocycles. The molecule has 2 aliphatic rings. The number of nitriles is 1. The number of H-pyrrole nitrogens is 1. The monoisotopic (exact) mass is 399 g/mol. The molecule has 1 fully saturated rings. The summed E-state index contributed by atoms with van der Waals surface area (Å²) in [6.45, 7) is 0.719. The van der Waals surface area contributed by atoms with E-state index in [4.69, 9.17) is 4.74 Å². The highest BCUT2D eigenvalue weighted by Crippen LogP contribution is 2.56. The fraction of sp³-hybridized carbons (Fsp3) is 0.423. The second kappa shape index (κ2) is 7.27. The van der Waals surface area contributed by atoms with Crippen LogP contribution in [0.5, 0.6) is 0 Å². The van der Waals surface area contributed by atoms with E-state index in [9.17, 15) is 5.26 Å². The number of rotatable bonds is 3. The number of nitrogens with zero attached hydrogens (tertiary/aromatic N) is 2. The first-order valence-corrected chi connectivity index (χ1v) is 10.9. The smallest absolute Gasteiger partial charge is 0.112 e. The summed E-state index contributed by atoms with van der Waals surface area (Å²) in [6.07, 6.45) is 4.24. The first-order valence-electron chi connectivity index (χ1n) is 10.9. The van der Waals surface area contributed by atoms with Crippen LogP contribution in [0.2, 0.25) is 0 Å². The number of aromatic amines is 1. The number of nitrogens with one attached hydrogen (secondary N) is 1. The molecular weight excluding hydrogens is 370 g/mol. The first kappa shape index (κ1) is 19.4. The molecule has 0 amide bonds. The van der Waals surface area contributed by atoms with Gasteiger partial charge in [0.1, 0.15) is 5.60 Å². The van der Waals surface area contributed by atoms with E-state index in [-0.39, 0.29) is 11.5 Å². The zero-order chi connectivity index (χ0) is 20.8. The minimum absolute atomic E-state index is 0.0823. The predicted molar refractivity (Wildman–Crippen MR) is 119 cm³/mol. The number of aromatic nitrogens is 1. The molecule has 30 heavy (non-hydrogen) atoms. The highest BCUT2D eigenvalue weighted by atomic mass is 16.5. The van der Waals surface area contributed by atoms with Crippen molar-refractivity contribution in [1.29, 1.82) is 5.26 Å². The van der Waals surface area contributed by atoms with Gasteiger partial charge in [-0.2, -0.15) is 5.26 Å². The van der Waals surface area contributed by atoms with Gasteiger partial charge >= 0.3 is 0 Å². The van der Waals surface area contributed by atoms with Gasteiger partial charge in [-0.15, -0.1) is 0 Å². The van der Waals surface area contributed by atoms with Crippen LogP contribution in [0.25, 0.3) is 10.9 Å². The molecule has 0 saturated heterocycles. The molecule has 3 aromatic rings. The Hall–Kier alpha value is -2.61. The fourth-order valence-corrected chi connectivity index (χ4v) is 6.04. The van der Waals surface area contributed by atoms with E-state index < -0.39 is 5.60 Å². The summed E-state index contributed by atoms with van der Waals surface area (Å²) in [5, 5.41) is 11.1. The van der Waals surface area contributed by atoms with Crippen molar-refractivity contribution in [2.45, 2.75) is 43.2 Å². The number of fused-ring (bicyclic) bond motifs is 4. The maximum Gasteiger partial charge on any atom is 0.112 e. The first-order chi connectivity index (χ1) is 14.6. The molecule has 1 aromatic heterocycles. The molecule has 2 heterocycles. The Morgan fingerprint density at radius 2 is 1.87 bits per heavy atom. The summed E-state index contributed by atoms with van der Waals surface area (Å²) in [6, 6.07) is 21.8. The summed E-state index contributed by atoms with van der Waals surface area (Å²) in [5.74, 6) is 0.131. The van der Waals surface area contributed by atoms with E-state index in [2.05, 4.69) is 84.6 Å². The van der Waals surface area contributed by atoms with Gasteiger partial charge in [0.2, 0.25) is 0 Å². The molecule has 0 bridgehead atoms. The molecule has 2 aromatic carbocycles. The van der Waals surface area contributed by atoms with E-state index >= 15 is 0 Å². The summed E-state index contributed by atoms with van der Waals surface area (Å²) < 4.78 is 6.64. The van der Waals surface area contributed by atoms with Crippen LogP contribution in [0.3, 0.4) is 0 Å². The third-order valence-corrected chi connectivity index (χ3v) is 7.61. The van der Waals surface area contributed by atoms with Gasteiger partial charge in [-0.1, -0.05) is 48.5 Å². The lowest BCUT2D eigenvalue weighted by atomic mass is 9.61. The van der Waals surface area contributed by atoms with Gasteiger partial charge in [-0.3, -0.25) is 4.90 Å². The van der Waals surface area contributed by atoms with Crippen molar-refractivity contribution in [2.75, 3.05) is 20.7 Å². The SMILES string of the molecule is CN(C)C1(c2ccccc2)CCC2(OCCc3c2[nH]c2ccccc32)C(CC#N)C1. The van der Waals surface area contributed by atoms with Gasteiger partial charge in [0.15, 0.2) is 0 Å². The molecular formula is C26H29N3O. The number of hydrogen-bond acceptors (Lipinski definition) is 3. The van der Waals surface area contributed by atoms with Crippen LogP contribution in [0, 0.1) is 17.2 Å². The summed E-state index contributed by atoms with van der Waals surface area (Å²) in [5.41, 5.74) is 4.63. The highest BCUT2D eigenvalue weighted by Gasteiger charge is 2.54. The average molecular weight is 400 g/mol. The van der Waals surface area contributed by atoms with E-state index in [0.717, 1.165) is 32.3 Å². The van der Waals surface area contributed by atoms with Gasteiger partial charge in [-0.05, 0) is 57.0 Å². The van der Waals surface area contributed by atoms with Crippen molar-refractivity contribution in [1.82, 2.24) is 9.88 Å². The lowest BCUT2D eigenvalue weighted by Crippen LogP contribution is -2.54. The second-order valence-corrected chi connectivity index (χ2v) is 9.07. The van der Waals surface area contributed by atoms with Gasteiger partial charge in [-0.25, -0.2) is 0 Å². The Morgan fingerprint density at radius 3 is 2.63 bits per heavy atom. The number of para-hydroxylation sites is 1. The number of hydrogen-bond donors (Lipinski definition) is 1. The Labute approximate surface area is 178 Å². The Morgan fingerprint density at radius 1 is 1.10 bits per heavy atom. The van der Waals surface area contributed by atoms with Crippen molar-refractivity contribution in [2.24, 2.45) is 5.92 Å². The number of ether oxygens (including phenoxy) is 1. The molecule has 4 heteroatoms. The lowest BCUT2D eigenvalue weighted by molar-refractivity contribution is -0.151. The fourth-order valence-electron chi connectivity index (χ4n) is 6.04. The van der Waals surface area contributed by atoms with Crippen LogP contribution in [-0.4, -0.2) is 30.6 Å². The molecule has 0 radical (unpaired) electrons. The van der Waals surface area contributed by atoms with E-state index in [1.165, 1.54) is 27.7 Å². The predicted octanol–water partition coefficient (Wildman–Crippen LogP) is 5.11. The molecule has 5 rings (SSSR count). The van der Waals surface area contributed by atoms with Crippen molar-refractivity contribution < 1.29 is 4.74 Å². The molecule has 154 valence electrons. The highest BCUT2D eigenvalue weighted by molar-refractivity contribution is 5.85. The van der Waals surface area contributed by atoms with Crippen LogP contribution in [0.15, 0.2) is 54.6 Å². The van der Waals surface area contributed by atoms with E-state index in [0.29, 0.717) is 6.42 Å². The minimum atomic E-state index is -0.406. The minimum Gasteiger partial charge on any atom is -0.368 e. The van der Waals surface area contributed by atoms with Crippen LogP contribution in [0.4, 0.5) is 0 Å². The topological polar surface area (TPSA) is 52.0 Å². The summed E-state index contributed by atoms with van der Waals surface area (Å²) in [4.78, 5) is 6.07. The van der Waals surface area contributed by atoms with Crippen LogP contribution < -0.4 is 0 Å². The van der Waals surface area contributed by atoms with Crippen LogP contribution >= 0.6 is 0 Å². The van der Waals surface area contributed by atoms with Crippen molar-refractivity contribution in [3.05, 3.63) is 71.4 Å². The third kappa shape index (κ3) is 2.73.